The summed E-state index contributed by atoms with van der Waals surface area (Å²) in [6.45, 7) is 2.67. The van der Waals surface area contributed by atoms with Gasteiger partial charge in [0.05, 0.1) is 5.56 Å². The molecule has 0 saturated heterocycles. The average molecular weight is 232 g/mol. The second-order valence-electron chi connectivity index (χ2n) is 4.16. The highest BCUT2D eigenvalue weighted by Gasteiger charge is 2.14. The number of hydrogen-bond donors (Lipinski definition) is 3. The Kier molecular flexibility index (Phi) is 3.15. The van der Waals surface area contributed by atoms with Crippen molar-refractivity contribution in [1.82, 2.24) is 10.3 Å². The van der Waals surface area contributed by atoms with Crippen LogP contribution in [0.3, 0.4) is 0 Å². The molecule has 0 spiro atoms. The van der Waals surface area contributed by atoms with E-state index in [1.165, 1.54) is 0 Å². The fraction of sp³-hybridized carbons (Fsp3) is 0.308. The number of rotatable bonds is 4. The van der Waals surface area contributed by atoms with Crippen molar-refractivity contribution >= 4 is 16.9 Å². The first kappa shape index (κ1) is 11.7. The summed E-state index contributed by atoms with van der Waals surface area (Å²) in [4.78, 5) is 14.3. The van der Waals surface area contributed by atoms with Gasteiger partial charge in [0, 0.05) is 16.6 Å². The molecule has 0 aliphatic heterocycles. The van der Waals surface area contributed by atoms with Crippen LogP contribution >= 0.6 is 0 Å². The lowest BCUT2D eigenvalue weighted by Crippen LogP contribution is -2.10. The third-order valence-corrected chi connectivity index (χ3v) is 2.93. The largest absolute Gasteiger partial charge is 0.478 e. The molecule has 0 aliphatic carbocycles. The summed E-state index contributed by atoms with van der Waals surface area (Å²) in [6, 6.07) is 5.93. The number of fused-ring (bicyclic) bond motifs is 1. The maximum Gasteiger partial charge on any atom is 0.338 e. The van der Waals surface area contributed by atoms with E-state index in [-0.39, 0.29) is 0 Å². The SMILES string of the molecule is CNCCc1ccc2[nH]c(C)c(C(=O)O)c2c1. The number of carboxylic acid groups (broad SMARTS) is 1. The summed E-state index contributed by atoms with van der Waals surface area (Å²) < 4.78 is 0. The van der Waals surface area contributed by atoms with Crippen molar-refractivity contribution < 1.29 is 9.90 Å². The predicted octanol–water partition coefficient (Wildman–Crippen LogP) is 1.94. The first-order chi connectivity index (χ1) is 8.13. The third kappa shape index (κ3) is 2.17. The summed E-state index contributed by atoms with van der Waals surface area (Å²) in [5.41, 5.74) is 3.12. The van der Waals surface area contributed by atoms with Crippen LogP contribution in [0.4, 0.5) is 0 Å². The van der Waals surface area contributed by atoms with Gasteiger partial charge in [-0.15, -0.1) is 0 Å². The molecule has 1 heterocycles. The molecular weight excluding hydrogens is 216 g/mol. The fourth-order valence-electron chi connectivity index (χ4n) is 2.07. The Hall–Kier alpha value is -1.81. The van der Waals surface area contributed by atoms with Crippen molar-refractivity contribution in [3.05, 3.63) is 35.0 Å². The maximum atomic E-state index is 11.2. The molecule has 0 amide bonds. The van der Waals surface area contributed by atoms with E-state index in [0.717, 1.165) is 29.4 Å². The Morgan fingerprint density at radius 1 is 1.47 bits per heavy atom. The van der Waals surface area contributed by atoms with Crippen LogP contribution in [0.2, 0.25) is 0 Å². The number of carbonyl (C=O) groups is 1. The van der Waals surface area contributed by atoms with Crippen LogP contribution in [-0.2, 0) is 6.42 Å². The van der Waals surface area contributed by atoms with E-state index in [1.54, 1.807) is 6.92 Å². The van der Waals surface area contributed by atoms with E-state index in [9.17, 15) is 9.90 Å². The van der Waals surface area contributed by atoms with E-state index in [0.29, 0.717) is 11.3 Å². The molecule has 0 atom stereocenters. The number of aryl methyl sites for hydroxylation is 1. The number of hydrogen-bond acceptors (Lipinski definition) is 2. The van der Waals surface area contributed by atoms with Crippen molar-refractivity contribution in [1.29, 1.82) is 0 Å². The third-order valence-electron chi connectivity index (χ3n) is 2.93. The summed E-state index contributed by atoms with van der Waals surface area (Å²) in [7, 11) is 1.90. The van der Waals surface area contributed by atoms with E-state index >= 15 is 0 Å². The molecule has 0 fully saturated rings. The van der Waals surface area contributed by atoms with Gasteiger partial charge in [-0.25, -0.2) is 4.79 Å². The van der Waals surface area contributed by atoms with Crippen molar-refractivity contribution in [3.63, 3.8) is 0 Å². The molecule has 3 N–H and O–H groups in total. The summed E-state index contributed by atoms with van der Waals surface area (Å²) in [5.74, 6) is -0.875. The Bertz CT molecular complexity index is 558. The highest BCUT2D eigenvalue weighted by Crippen LogP contribution is 2.23. The van der Waals surface area contributed by atoms with E-state index in [1.807, 2.05) is 25.2 Å². The van der Waals surface area contributed by atoms with Crippen LogP contribution in [0, 0.1) is 6.92 Å². The quantitative estimate of drug-likeness (QED) is 0.754. The summed E-state index contributed by atoms with van der Waals surface area (Å²) >= 11 is 0. The monoisotopic (exact) mass is 232 g/mol. The zero-order chi connectivity index (χ0) is 12.4. The van der Waals surface area contributed by atoms with Crippen molar-refractivity contribution in [3.8, 4) is 0 Å². The highest BCUT2D eigenvalue weighted by atomic mass is 16.4. The van der Waals surface area contributed by atoms with Gasteiger partial charge < -0.3 is 15.4 Å². The van der Waals surface area contributed by atoms with Gasteiger partial charge in [0.1, 0.15) is 0 Å². The fourth-order valence-corrected chi connectivity index (χ4v) is 2.07. The van der Waals surface area contributed by atoms with Crippen LogP contribution in [0.15, 0.2) is 18.2 Å². The van der Waals surface area contributed by atoms with E-state index in [2.05, 4.69) is 10.3 Å². The summed E-state index contributed by atoms with van der Waals surface area (Å²) in [5, 5.41) is 13.1. The molecule has 4 heteroatoms. The van der Waals surface area contributed by atoms with Gasteiger partial charge in [-0.1, -0.05) is 6.07 Å². The molecule has 0 bridgehead atoms. The summed E-state index contributed by atoms with van der Waals surface area (Å²) in [6.07, 6.45) is 0.899. The Morgan fingerprint density at radius 3 is 2.88 bits per heavy atom. The Labute approximate surface area is 99.7 Å². The Balaban J connectivity index is 2.50. The predicted molar refractivity (Wildman–Crippen MR) is 67.6 cm³/mol. The van der Waals surface area contributed by atoms with Crippen molar-refractivity contribution in [2.24, 2.45) is 0 Å². The van der Waals surface area contributed by atoms with E-state index in [4.69, 9.17) is 0 Å². The van der Waals surface area contributed by atoms with Crippen LogP contribution in [-0.4, -0.2) is 29.7 Å². The number of likely N-dealkylation sites (N-methyl/N-ethyl adjacent to an activating group) is 1. The second-order valence-corrected chi connectivity index (χ2v) is 4.16. The van der Waals surface area contributed by atoms with Gasteiger partial charge in [-0.05, 0) is 44.6 Å². The molecule has 1 aromatic heterocycles. The molecule has 2 aromatic rings. The number of aromatic nitrogens is 1. The zero-order valence-corrected chi connectivity index (χ0v) is 10.0. The van der Waals surface area contributed by atoms with Gasteiger partial charge in [-0.2, -0.15) is 0 Å². The van der Waals surface area contributed by atoms with Crippen molar-refractivity contribution in [2.75, 3.05) is 13.6 Å². The molecule has 0 radical (unpaired) electrons. The first-order valence-electron chi connectivity index (χ1n) is 5.62. The standard InChI is InChI=1S/C13H16N2O2/c1-8-12(13(16)17)10-7-9(5-6-14-2)3-4-11(10)15-8/h3-4,7,14-15H,5-6H2,1-2H3,(H,16,17). The van der Waals surface area contributed by atoms with Gasteiger partial charge >= 0.3 is 5.97 Å². The molecule has 0 unspecified atom stereocenters. The normalized spacial score (nSPS) is 10.9. The molecule has 4 nitrogen and oxygen atoms in total. The topological polar surface area (TPSA) is 65.1 Å². The van der Waals surface area contributed by atoms with Crippen molar-refractivity contribution in [2.45, 2.75) is 13.3 Å². The van der Waals surface area contributed by atoms with Crippen LogP contribution < -0.4 is 5.32 Å². The number of nitrogens with one attached hydrogen (secondary N) is 2. The smallest absolute Gasteiger partial charge is 0.338 e. The maximum absolute atomic E-state index is 11.2. The van der Waals surface area contributed by atoms with Gasteiger partial charge in [-0.3, -0.25) is 0 Å². The molecule has 90 valence electrons. The van der Waals surface area contributed by atoms with E-state index < -0.39 is 5.97 Å². The second kappa shape index (κ2) is 4.59. The molecular formula is C13H16N2O2. The average Bonchev–Trinajstić information content (AvgIpc) is 2.61. The highest BCUT2D eigenvalue weighted by molar-refractivity contribution is 6.04. The first-order valence-corrected chi connectivity index (χ1v) is 5.62. The van der Waals surface area contributed by atoms with Gasteiger partial charge in [0.2, 0.25) is 0 Å². The molecule has 2 rings (SSSR count). The minimum absolute atomic E-state index is 0.381. The zero-order valence-electron chi connectivity index (χ0n) is 10.0. The lowest BCUT2D eigenvalue weighted by Gasteiger charge is -2.01. The van der Waals surface area contributed by atoms with Crippen LogP contribution in [0.5, 0.6) is 0 Å². The number of carboxylic acids is 1. The number of benzene rings is 1. The minimum Gasteiger partial charge on any atom is -0.478 e. The number of aromatic carboxylic acids is 1. The lowest BCUT2D eigenvalue weighted by molar-refractivity contribution is 0.0698. The molecule has 0 saturated carbocycles. The van der Waals surface area contributed by atoms with Crippen LogP contribution in [0.1, 0.15) is 21.6 Å². The Morgan fingerprint density at radius 2 is 2.24 bits per heavy atom. The van der Waals surface area contributed by atoms with Crippen LogP contribution in [0.25, 0.3) is 10.9 Å². The lowest BCUT2D eigenvalue weighted by atomic mass is 10.1. The molecule has 17 heavy (non-hydrogen) atoms. The van der Waals surface area contributed by atoms with Gasteiger partial charge in [0.25, 0.3) is 0 Å². The minimum atomic E-state index is -0.875. The molecule has 0 aliphatic rings. The van der Waals surface area contributed by atoms with Gasteiger partial charge in [0.15, 0.2) is 0 Å². The number of aromatic amines is 1. The molecule has 1 aromatic carbocycles. The number of H-pyrrole nitrogens is 1.